The zero-order chi connectivity index (χ0) is 22.2. The van der Waals surface area contributed by atoms with Crippen molar-refractivity contribution >= 4 is 20.7 Å². The van der Waals surface area contributed by atoms with Gasteiger partial charge in [0.1, 0.15) is 29.0 Å². The molecule has 0 spiro atoms. The van der Waals surface area contributed by atoms with Crippen molar-refractivity contribution in [1.29, 1.82) is 0 Å². The van der Waals surface area contributed by atoms with Crippen LogP contribution in [0.3, 0.4) is 0 Å². The number of hydrogen-bond acceptors (Lipinski definition) is 7. The van der Waals surface area contributed by atoms with Gasteiger partial charge in [-0.05, 0) is 42.5 Å². The van der Waals surface area contributed by atoms with Gasteiger partial charge in [0.2, 0.25) is 9.84 Å². The highest BCUT2D eigenvalue weighted by molar-refractivity contribution is 7.91. The van der Waals surface area contributed by atoms with Gasteiger partial charge in [0, 0.05) is 11.6 Å². The zero-order valence-electron chi connectivity index (χ0n) is 15.7. The monoisotopic (exact) mass is 450 g/mol. The molecule has 0 atom stereocenters. The molecule has 2 aromatic heterocycles. The van der Waals surface area contributed by atoms with Crippen LogP contribution >= 0.6 is 0 Å². The van der Waals surface area contributed by atoms with Crippen LogP contribution in [0, 0.1) is 0 Å². The Morgan fingerprint density at radius 1 is 1.03 bits per heavy atom. The molecule has 0 fully saturated rings. The topological polar surface area (TPSA) is 96.2 Å². The first-order valence-corrected chi connectivity index (χ1v) is 10.1. The Kier molecular flexibility index (Phi) is 5.01. The van der Waals surface area contributed by atoms with E-state index in [1.54, 1.807) is 0 Å². The number of sulfone groups is 1. The summed E-state index contributed by atoms with van der Waals surface area (Å²) in [6.45, 7) is 0. The molecular formula is C19H13F3N4O4S. The number of pyridine rings is 1. The van der Waals surface area contributed by atoms with E-state index in [2.05, 4.69) is 19.8 Å². The molecule has 0 bridgehead atoms. The zero-order valence-corrected chi connectivity index (χ0v) is 16.6. The van der Waals surface area contributed by atoms with Crippen LogP contribution < -0.4 is 9.47 Å². The van der Waals surface area contributed by atoms with E-state index in [1.165, 1.54) is 50.1 Å². The Bertz CT molecular complexity index is 1340. The van der Waals surface area contributed by atoms with Crippen LogP contribution in [0.1, 0.15) is 0 Å². The maximum Gasteiger partial charge on any atom is 0.573 e. The molecule has 8 nitrogen and oxygen atoms in total. The summed E-state index contributed by atoms with van der Waals surface area (Å²) in [5, 5.41) is 4.05. The van der Waals surface area contributed by atoms with E-state index in [0.29, 0.717) is 5.75 Å². The number of rotatable bonds is 5. The molecule has 31 heavy (non-hydrogen) atoms. The summed E-state index contributed by atoms with van der Waals surface area (Å²) in [7, 11) is -2.69. The first-order chi connectivity index (χ1) is 14.7. The Hall–Kier alpha value is -3.67. The van der Waals surface area contributed by atoms with Crippen LogP contribution in [0.2, 0.25) is 0 Å². The molecule has 0 saturated carbocycles. The summed E-state index contributed by atoms with van der Waals surface area (Å²) in [4.78, 5) is 7.61. The summed E-state index contributed by atoms with van der Waals surface area (Å²) in [5.41, 5.74) is 0.236. The van der Waals surface area contributed by atoms with Crippen molar-refractivity contribution in [2.75, 3.05) is 7.11 Å². The number of ether oxygens (including phenoxy) is 2. The Morgan fingerprint density at radius 2 is 1.74 bits per heavy atom. The number of halogens is 3. The molecular weight excluding hydrogens is 437 g/mol. The number of nitrogens with zero attached hydrogens (tertiary/aromatic N) is 4. The predicted molar refractivity (Wildman–Crippen MR) is 102 cm³/mol. The van der Waals surface area contributed by atoms with Crippen LogP contribution in [0.5, 0.6) is 11.5 Å². The van der Waals surface area contributed by atoms with Crippen LogP contribution in [0.4, 0.5) is 13.2 Å². The molecule has 0 aliphatic rings. The molecule has 0 amide bonds. The van der Waals surface area contributed by atoms with E-state index < -0.39 is 21.9 Å². The van der Waals surface area contributed by atoms with Gasteiger partial charge in [0.15, 0.2) is 0 Å². The van der Waals surface area contributed by atoms with Gasteiger partial charge in [-0.1, -0.05) is 0 Å². The summed E-state index contributed by atoms with van der Waals surface area (Å²) >= 11 is 0. The number of alkyl halides is 3. The van der Waals surface area contributed by atoms with E-state index in [4.69, 9.17) is 4.74 Å². The molecule has 0 N–H and O–H groups in total. The standard InChI is InChI=1S/C19H13F3N4O4S/c1-29-12-2-5-14(6-3-12)31(27,28)17-9-24-16-7-4-13(30-19(20,21)22)8-15(16)18(17)26-11-23-10-25-26/h2-11H,1H3. The smallest absolute Gasteiger partial charge is 0.497 e. The highest BCUT2D eigenvalue weighted by Crippen LogP contribution is 2.34. The number of methoxy groups -OCH3 is 1. The van der Waals surface area contributed by atoms with Crippen molar-refractivity contribution in [2.24, 2.45) is 0 Å². The van der Waals surface area contributed by atoms with Crippen molar-refractivity contribution in [3.05, 3.63) is 61.3 Å². The summed E-state index contributed by atoms with van der Waals surface area (Å²) < 4.78 is 75.0. The quantitative estimate of drug-likeness (QED) is 0.459. The average Bonchev–Trinajstić information content (AvgIpc) is 3.26. The second kappa shape index (κ2) is 7.54. The Morgan fingerprint density at radius 3 is 2.35 bits per heavy atom. The van der Waals surface area contributed by atoms with Gasteiger partial charge in [0.25, 0.3) is 0 Å². The third-order valence-electron chi connectivity index (χ3n) is 4.32. The largest absolute Gasteiger partial charge is 0.573 e. The van der Waals surface area contributed by atoms with E-state index >= 15 is 0 Å². The fraction of sp³-hybridized carbons (Fsp3) is 0.105. The van der Waals surface area contributed by atoms with Crippen LogP contribution in [-0.2, 0) is 9.84 Å². The molecule has 0 saturated heterocycles. The molecule has 0 aliphatic carbocycles. The fourth-order valence-corrected chi connectivity index (χ4v) is 4.37. The van der Waals surface area contributed by atoms with Gasteiger partial charge in [-0.3, -0.25) is 4.98 Å². The lowest BCUT2D eigenvalue weighted by atomic mass is 10.2. The number of hydrogen-bond donors (Lipinski definition) is 0. The first-order valence-electron chi connectivity index (χ1n) is 8.62. The lowest BCUT2D eigenvalue weighted by Crippen LogP contribution is -2.17. The SMILES string of the molecule is COc1ccc(S(=O)(=O)c2cnc3ccc(OC(F)(F)F)cc3c2-n2cncn2)cc1. The molecule has 4 aromatic rings. The first kappa shape index (κ1) is 20.6. The molecule has 160 valence electrons. The van der Waals surface area contributed by atoms with E-state index in [9.17, 15) is 21.6 Å². The van der Waals surface area contributed by atoms with E-state index in [-0.39, 0.29) is 26.4 Å². The number of fused-ring (bicyclic) bond motifs is 1. The van der Waals surface area contributed by atoms with Crippen molar-refractivity contribution in [3.8, 4) is 17.2 Å². The van der Waals surface area contributed by atoms with E-state index in [1.807, 2.05) is 0 Å². The minimum Gasteiger partial charge on any atom is -0.497 e. The van der Waals surface area contributed by atoms with Gasteiger partial charge >= 0.3 is 6.36 Å². The Labute approximate surface area is 173 Å². The summed E-state index contributed by atoms with van der Waals surface area (Å²) in [5.74, 6) is -0.0665. The highest BCUT2D eigenvalue weighted by atomic mass is 32.2. The molecule has 0 aliphatic heterocycles. The van der Waals surface area contributed by atoms with Gasteiger partial charge in [-0.25, -0.2) is 18.1 Å². The molecule has 2 aromatic carbocycles. The van der Waals surface area contributed by atoms with Gasteiger partial charge in [0.05, 0.1) is 23.2 Å². The number of benzene rings is 2. The van der Waals surface area contributed by atoms with Crippen molar-refractivity contribution in [2.45, 2.75) is 16.2 Å². The minimum atomic E-state index is -4.92. The molecule has 0 unspecified atom stereocenters. The van der Waals surface area contributed by atoms with E-state index in [0.717, 1.165) is 23.0 Å². The van der Waals surface area contributed by atoms with Crippen LogP contribution in [0.15, 0.2) is 71.1 Å². The predicted octanol–water partition coefficient (Wildman–Crippen LogP) is 3.56. The third kappa shape index (κ3) is 4.01. The minimum absolute atomic E-state index is 0.00839. The van der Waals surface area contributed by atoms with Crippen molar-refractivity contribution in [3.63, 3.8) is 0 Å². The Balaban J connectivity index is 1.97. The molecule has 12 heteroatoms. The second-order valence-electron chi connectivity index (χ2n) is 6.22. The fourth-order valence-electron chi connectivity index (χ4n) is 2.98. The number of aromatic nitrogens is 4. The maximum atomic E-state index is 13.4. The van der Waals surface area contributed by atoms with Crippen molar-refractivity contribution in [1.82, 2.24) is 19.7 Å². The van der Waals surface area contributed by atoms with Crippen molar-refractivity contribution < 1.29 is 31.1 Å². The molecule has 0 radical (unpaired) electrons. The molecule has 4 rings (SSSR count). The highest BCUT2D eigenvalue weighted by Gasteiger charge is 2.32. The third-order valence-corrected chi connectivity index (χ3v) is 6.09. The maximum absolute atomic E-state index is 13.4. The summed E-state index contributed by atoms with van der Waals surface area (Å²) in [6.07, 6.45) is -1.38. The van der Waals surface area contributed by atoms with Crippen LogP contribution in [0.25, 0.3) is 16.6 Å². The van der Waals surface area contributed by atoms with Gasteiger partial charge in [-0.15, -0.1) is 13.2 Å². The second-order valence-corrected chi connectivity index (χ2v) is 8.13. The average molecular weight is 450 g/mol. The van der Waals surface area contributed by atoms with Gasteiger partial charge in [-0.2, -0.15) is 5.10 Å². The van der Waals surface area contributed by atoms with Crippen LogP contribution in [-0.4, -0.2) is 41.6 Å². The lowest BCUT2D eigenvalue weighted by molar-refractivity contribution is -0.274. The summed E-state index contributed by atoms with van der Waals surface area (Å²) in [6, 6.07) is 9.10. The molecule has 2 heterocycles. The normalized spacial score (nSPS) is 12.1. The van der Waals surface area contributed by atoms with Gasteiger partial charge < -0.3 is 9.47 Å². The lowest BCUT2D eigenvalue weighted by Gasteiger charge is -2.15.